The molecule has 0 bridgehead atoms. The molecule has 1 rings (SSSR count). The molecule has 0 atom stereocenters. The van der Waals surface area contributed by atoms with Gasteiger partial charge in [-0.1, -0.05) is 0 Å². The Hall–Kier alpha value is -0.320. The van der Waals surface area contributed by atoms with Gasteiger partial charge >= 0.3 is 0 Å². The van der Waals surface area contributed by atoms with Crippen LogP contribution < -0.4 is 0 Å². The molecule has 0 saturated carbocycles. The predicted molar refractivity (Wildman–Crippen MR) is 30.5 cm³/mol. The van der Waals surface area contributed by atoms with Crippen LogP contribution in [0.4, 0.5) is 0 Å². The van der Waals surface area contributed by atoms with Gasteiger partial charge in [0, 0.05) is 11.6 Å². The van der Waals surface area contributed by atoms with Crippen molar-refractivity contribution < 1.29 is 9.11 Å². The summed E-state index contributed by atoms with van der Waals surface area (Å²) in [5.41, 5.74) is 1.13. The molecule has 1 aliphatic rings. The Morgan fingerprint density at radius 3 is 2.29 bits per heavy atom. The van der Waals surface area contributed by atoms with Gasteiger partial charge in [0.15, 0.2) is 0 Å². The first-order valence-corrected chi connectivity index (χ1v) is 3.36. The second-order valence-electron chi connectivity index (χ2n) is 1.18. The van der Waals surface area contributed by atoms with Crippen LogP contribution in [0.15, 0.2) is 16.6 Å². The van der Waals surface area contributed by atoms with E-state index in [-0.39, 0.29) is 0 Å². The highest BCUT2D eigenvalue weighted by atomic mass is 32.3. The molecule has 40 valence electrons. The third kappa shape index (κ3) is 1.02. The van der Waals surface area contributed by atoms with Crippen molar-refractivity contribution in [1.82, 2.24) is 0 Å². The quantitative estimate of drug-likeness (QED) is 0.504. The van der Waals surface area contributed by atoms with Crippen molar-refractivity contribution in [2.45, 2.75) is 0 Å². The highest BCUT2D eigenvalue weighted by Crippen LogP contribution is 2.39. The van der Waals surface area contributed by atoms with Gasteiger partial charge in [-0.15, -0.1) is 10.6 Å². The van der Waals surface area contributed by atoms with E-state index in [0.29, 0.717) is 0 Å². The van der Waals surface area contributed by atoms with E-state index in [1.54, 1.807) is 0 Å². The van der Waals surface area contributed by atoms with Gasteiger partial charge in [-0.05, 0) is 0 Å². The van der Waals surface area contributed by atoms with Crippen LogP contribution in [0.1, 0.15) is 0 Å². The molecule has 0 unspecified atom stereocenters. The SMILES string of the molecule is OS1(O)C=CN=C1. The molecule has 0 radical (unpaired) electrons. The maximum absolute atomic E-state index is 8.60. The fraction of sp³-hybridized carbons (Fsp3) is 0. The second kappa shape index (κ2) is 1.33. The molecule has 0 saturated heterocycles. The summed E-state index contributed by atoms with van der Waals surface area (Å²) in [6.45, 7) is 0. The molecule has 1 heterocycles. The van der Waals surface area contributed by atoms with Crippen molar-refractivity contribution in [1.29, 1.82) is 0 Å². The summed E-state index contributed by atoms with van der Waals surface area (Å²) in [4.78, 5) is 3.47. The molecule has 0 amide bonds. The maximum atomic E-state index is 8.60. The van der Waals surface area contributed by atoms with Crippen LogP contribution in [-0.2, 0) is 0 Å². The lowest BCUT2D eigenvalue weighted by Crippen LogP contribution is -1.86. The van der Waals surface area contributed by atoms with E-state index >= 15 is 0 Å². The second-order valence-corrected chi connectivity index (χ2v) is 2.94. The van der Waals surface area contributed by atoms with Gasteiger partial charge in [0.25, 0.3) is 0 Å². The van der Waals surface area contributed by atoms with E-state index in [1.165, 1.54) is 11.6 Å². The van der Waals surface area contributed by atoms with Gasteiger partial charge in [-0.25, -0.2) is 4.99 Å². The van der Waals surface area contributed by atoms with E-state index in [4.69, 9.17) is 9.11 Å². The first kappa shape index (κ1) is 4.83. The molecular weight excluding hydrogens is 114 g/mol. The van der Waals surface area contributed by atoms with Crippen LogP contribution in [0.25, 0.3) is 0 Å². The maximum Gasteiger partial charge on any atom is 0.115 e. The molecule has 3 nitrogen and oxygen atoms in total. The van der Waals surface area contributed by atoms with Gasteiger partial charge < -0.3 is 0 Å². The third-order valence-electron chi connectivity index (χ3n) is 0.563. The summed E-state index contributed by atoms with van der Waals surface area (Å²) in [7, 11) is -2.52. The number of nitrogens with zero attached hydrogens (tertiary/aromatic N) is 1. The predicted octanol–water partition coefficient (Wildman–Crippen LogP) is 1.25. The average Bonchev–Trinajstić information content (AvgIpc) is 1.84. The lowest BCUT2D eigenvalue weighted by atomic mass is 11.1. The topological polar surface area (TPSA) is 52.8 Å². The molecule has 7 heavy (non-hydrogen) atoms. The highest BCUT2D eigenvalue weighted by Gasteiger charge is 2.04. The standard InChI is InChI=1S/C3H5NO2S/c5-7(6)2-1-4-3-7/h1-3,5-6H. The first-order valence-electron chi connectivity index (χ1n) is 1.69. The zero-order valence-corrected chi connectivity index (χ0v) is 4.30. The number of rotatable bonds is 0. The highest BCUT2D eigenvalue weighted by molar-refractivity contribution is 8.37. The minimum absolute atomic E-state index is 1.13. The molecule has 0 aromatic rings. The molecule has 0 aromatic heterocycles. The van der Waals surface area contributed by atoms with E-state index in [0.717, 1.165) is 5.55 Å². The van der Waals surface area contributed by atoms with Crippen LogP contribution in [0.5, 0.6) is 0 Å². The number of aliphatic imine (C=N–C) groups is 1. The van der Waals surface area contributed by atoms with Crippen molar-refractivity contribution in [2.75, 3.05) is 0 Å². The fourth-order valence-corrected chi connectivity index (χ4v) is 0.854. The molecule has 1 aliphatic heterocycles. The minimum Gasteiger partial charge on any atom is -0.290 e. The molecule has 0 fully saturated rings. The smallest absolute Gasteiger partial charge is 0.115 e. The van der Waals surface area contributed by atoms with Crippen LogP contribution in [0.3, 0.4) is 0 Å². The average molecular weight is 119 g/mol. The fourth-order valence-electron chi connectivity index (χ4n) is 0.285. The Labute approximate surface area is 42.7 Å². The Morgan fingerprint density at radius 1 is 1.43 bits per heavy atom. The van der Waals surface area contributed by atoms with Gasteiger partial charge in [0.2, 0.25) is 0 Å². The Balaban J connectivity index is 2.77. The Bertz CT molecular complexity index is 115. The first-order chi connectivity index (χ1) is 3.21. The van der Waals surface area contributed by atoms with Crippen molar-refractivity contribution >= 4 is 16.1 Å². The molecule has 0 aromatic carbocycles. The van der Waals surface area contributed by atoms with Crippen LogP contribution in [0.2, 0.25) is 0 Å². The summed E-state index contributed by atoms with van der Waals surface area (Å²) < 4.78 is 17.2. The van der Waals surface area contributed by atoms with E-state index in [1.807, 2.05) is 0 Å². The summed E-state index contributed by atoms with van der Waals surface area (Å²) in [5, 5.41) is 1.27. The Kier molecular flexibility index (Phi) is 0.916. The van der Waals surface area contributed by atoms with E-state index in [2.05, 4.69) is 4.99 Å². The molecule has 2 N–H and O–H groups in total. The minimum atomic E-state index is -2.52. The van der Waals surface area contributed by atoms with Crippen molar-refractivity contribution in [3.63, 3.8) is 0 Å². The zero-order chi connectivity index (χ0) is 5.33. The van der Waals surface area contributed by atoms with Crippen LogP contribution >= 0.6 is 10.6 Å². The zero-order valence-electron chi connectivity index (χ0n) is 3.48. The van der Waals surface area contributed by atoms with E-state index in [9.17, 15) is 0 Å². The Morgan fingerprint density at radius 2 is 2.14 bits per heavy atom. The van der Waals surface area contributed by atoms with E-state index < -0.39 is 10.6 Å². The summed E-state index contributed by atoms with van der Waals surface area (Å²) >= 11 is 0. The lowest BCUT2D eigenvalue weighted by Gasteiger charge is -2.16. The molecular formula is C3H5NO2S. The summed E-state index contributed by atoms with van der Waals surface area (Å²) in [6, 6.07) is 0. The van der Waals surface area contributed by atoms with Crippen molar-refractivity contribution in [3.05, 3.63) is 11.6 Å². The largest absolute Gasteiger partial charge is 0.290 e. The van der Waals surface area contributed by atoms with Crippen molar-refractivity contribution in [3.8, 4) is 0 Å². The van der Waals surface area contributed by atoms with Crippen LogP contribution in [-0.4, -0.2) is 14.7 Å². The van der Waals surface area contributed by atoms with Gasteiger partial charge in [-0.3, -0.25) is 9.11 Å². The lowest BCUT2D eigenvalue weighted by molar-refractivity contribution is 0.517. The van der Waals surface area contributed by atoms with Gasteiger partial charge in [-0.2, -0.15) is 0 Å². The molecule has 0 spiro atoms. The number of hydrogen-bond donors (Lipinski definition) is 2. The van der Waals surface area contributed by atoms with Crippen LogP contribution in [0, 0.1) is 0 Å². The summed E-state index contributed by atoms with van der Waals surface area (Å²) in [5.74, 6) is 0. The van der Waals surface area contributed by atoms with Crippen molar-refractivity contribution in [2.24, 2.45) is 4.99 Å². The molecule has 0 aliphatic carbocycles. The molecule has 4 heteroatoms. The van der Waals surface area contributed by atoms with Gasteiger partial charge in [0.1, 0.15) is 5.55 Å². The third-order valence-corrected chi connectivity index (χ3v) is 1.52. The monoisotopic (exact) mass is 119 g/mol. The van der Waals surface area contributed by atoms with Gasteiger partial charge in [0.05, 0.1) is 0 Å². The normalized spacial score (nSPS) is 28.3. The summed E-state index contributed by atoms with van der Waals surface area (Å²) in [6.07, 6.45) is 1.37. The number of hydrogen-bond acceptors (Lipinski definition) is 3.